The van der Waals surface area contributed by atoms with E-state index in [0.29, 0.717) is 31.1 Å². The summed E-state index contributed by atoms with van der Waals surface area (Å²) in [5.74, 6) is 1.10. The molecule has 1 saturated carbocycles. The first kappa shape index (κ1) is 19.2. The van der Waals surface area contributed by atoms with Gasteiger partial charge in [0, 0.05) is 25.1 Å². The largest absolute Gasteiger partial charge is 0.513 e. The molecule has 0 radical (unpaired) electrons. The van der Waals surface area contributed by atoms with Crippen LogP contribution in [0.25, 0.3) is 0 Å². The highest BCUT2D eigenvalue weighted by Crippen LogP contribution is 2.32. The van der Waals surface area contributed by atoms with E-state index in [-0.39, 0.29) is 29.9 Å². The molecule has 1 fully saturated rings. The second kappa shape index (κ2) is 9.40. The number of aliphatic hydroxyl groups excluding tert-OH is 1. The molecule has 0 saturated heterocycles. The molecule has 1 aliphatic heterocycles. The smallest absolute Gasteiger partial charge is 0.458 e. The molecular weight excluding hydrogens is 305 g/mol. The standard InChI is InChI=1S/C18H30BNO4/c1-13(21)9-18-4-2-3-16(19(23)24-18)11-17(22)10-14-5-7-15(12-20)8-6-14/h2,4,14-16,18,21,23H,1,3,5-12,20H2/t14?,15?,16-,18+/m1/s1. The van der Waals surface area contributed by atoms with Crippen molar-refractivity contribution in [2.75, 3.05) is 6.54 Å². The van der Waals surface area contributed by atoms with Crippen molar-refractivity contribution in [2.24, 2.45) is 17.6 Å². The third kappa shape index (κ3) is 6.08. The molecule has 4 N–H and O–H groups in total. The first-order valence-corrected chi connectivity index (χ1v) is 9.06. The van der Waals surface area contributed by atoms with E-state index < -0.39 is 7.12 Å². The van der Waals surface area contributed by atoms with E-state index in [1.165, 1.54) is 0 Å². The Kier molecular flexibility index (Phi) is 7.53. The van der Waals surface area contributed by atoms with E-state index in [2.05, 4.69) is 6.58 Å². The maximum atomic E-state index is 12.4. The molecule has 24 heavy (non-hydrogen) atoms. The number of hydrogen-bond donors (Lipinski definition) is 3. The van der Waals surface area contributed by atoms with Crippen molar-refractivity contribution < 1.29 is 19.6 Å². The van der Waals surface area contributed by atoms with Gasteiger partial charge in [-0.2, -0.15) is 0 Å². The van der Waals surface area contributed by atoms with Gasteiger partial charge in [0.25, 0.3) is 0 Å². The lowest BCUT2D eigenvalue weighted by Crippen LogP contribution is -2.30. The summed E-state index contributed by atoms with van der Waals surface area (Å²) in [5, 5.41) is 19.5. The van der Waals surface area contributed by atoms with Gasteiger partial charge in [0.05, 0.1) is 11.9 Å². The molecule has 6 heteroatoms. The molecule has 2 rings (SSSR count). The van der Waals surface area contributed by atoms with Gasteiger partial charge in [-0.3, -0.25) is 4.79 Å². The molecular formula is C18H30BNO4. The predicted molar refractivity (Wildman–Crippen MR) is 95.5 cm³/mol. The van der Waals surface area contributed by atoms with Crippen LogP contribution in [0.2, 0.25) is 5.82 Å². The van der Waals surface area contributed by atoms with Gasteiger partial charge < -0.3 is 20.5 Å². The minimum Gasteiger partial charge on any atom is -0.513 e. The van der Waals surface area contributed by atoms with Gasteiger partial charge in [-0.05, 0) is 50.5 Å². The Balaban J connectivity index is 1.77. The van der Waals surface area contributed by atoms with E-state index in [1.807, 2.05) is 12.2 Å². The number of hydrogen-bond acceptors (Lipinski definition) is 5. The normalized spacial score (nSPS) is 30.8. The minimum absolute atomic E-state index is 0.0273. The summed E-state index contributed by atoms with van der Waals surface area (Å²) in [6, 6.07) is 0. The van der Waals surface area contributed by atoms with E-state index >= 15 is 0 Å². The molecule has 0 unspecified atom stereocenters. The lowest BCUT2D eigenvalue weighted by atomic mass is 9.67. The zero-order valence-corrected chi connectivity index (χ0v) is 14.4. The third-order valence-electron chi connectivity index (χ3n) is 5.25. The number of rotatable bonds is 7. The average Bonchev–Trinajstić information content (AvgIpc) is 2.69. The fraction of sp³-hybridized carbons (Fsp3) is 0.722. The van der Waals surface area contributed by atoms with Crippen molar-refractivity contribution in [3.63, 3.8) is 0 Å². The quantitative estimate of drug-likeness (QED) is 0.378. The number of carbonyl (C=O) groups is 1. The summed E-state index contributed by atoms with van der Waals surface area (Å²) in [4.78, 5) is 12.4. The van der Waals surface area contributed by atoms with Crippen LogP contribution >= 0.6 is 0 Å². The Labute approximate surface area is 145 Å². The number of nitrogens with two attached hydrogens (primary N) is 1. The molecule has 0 bridgehead atoms. The SMILES string of the molecule is C=C(O)C[C@@H]1C=CC[C@H](CC(=O)CC2CCC(CN)CC2)B(O)O1. The second-order valence-corrected chi connectivity index (χ2v) is 7.33. The molecule has 0 aromatic heterocycles. The van der Waals surface area contributed by atoms with Gasteiger partial charge >= 0.3 is 7.12 Å². The summed E-state index contributed by atoms with van der Waals surface area (Å²) >= 11 is 0. The molecule has 1 aliphatic carbocycles. The van der Waals surface area contributed by atoms with E-state index in [0.717, 1.165) is 32.2 Å². The van der Waals surface area contributed by atoms with E-state index in [1.54, 1.807) is 0 Å². The molecule has 134 valence electrons. The van der Waals surface area contributed by atoms with Gasteiger partial charge in [-0.1, -0.05) is 18.7 Å². The molecule has 0 spiro atoms. The lowest BCUT2D eigenvalue weighted by molar-refractivity contribution is -0.120. The van der Waals surface area contributed by atoms with Gasteiger partial charge in [0.2, 0.25) is 0 Å². The lowest BCUT2D eigenvalue weighted by Gasteiger charge is -2.27. The molecule has 2 atom stereocenters. The van der Waals surface area contributed by atoms with Crippen LogP contribution < -0.4 is 5.73 Å². The number of carbonyl (C=O) groups excluding carboxylic acids is 1. The van der Waals surface area contributed by atoms with Crippen LogP contribution in [-0.4, -0.2) is 35.7 Å². The molecule has 0 aromatic carbocycles. The number of aliphatic hydroxyl groups is 1. The molecule has 0 amide bonds. The van der Waals surface area contributed by atoms with Crippen molar-refractivity contribution >= 4 is 12.9 Å². The Morgan fingerprint density at radius 3 is 2.50 bits per heavy atom. The number of ketones is 1. The zero-order chi connectivity index (χ0) is 17.5. The Morgan fingerprint density at radius 1 is 1.21 bits per heavy atom. The van der Waals surface area contributed by atoms with Gasteiger partial charge in [0.15, 0.2) is 0 Å². The topological polar surface area (TPSA) is 92.8 Å². The first-order chi connectivity index (χ1) is 11.5. The monoisotopic (exact) mass is 335 g/mol. The molecule has 2 aliphatic rings. The highest BCUT2D eigenvalue weighted by atomic mass is 16.5. The third-order valence-corrected chi connectivity index (χ3v) is 5.25. The van der Waals surface area contributed by atoms with Crippen LogP contribution in [0.5, 0.6) is 0 Å². The van der Waals surface area contributed by atoms with Crippen LogP contribution in [-0.2, 0) is 9.45 Å². The first-order valence-electron chi connectivity index (χ1n) is 9.06. The van der Waals surface area contributed by atoms with Crippen LogP contribution in [0, 0.1) is 11.8 Å². The van der Waals surface area contributed by atoms with E-state index in [4.69, 9.17) is 10.4 Å². The van der Waals surface area contributed by atoms with Gasteiger partial charge in [-0.25, -0.2) is 0 Å². The minimum atomic E-state index is -0.985. The van der Waals surface area contributed by atoms with Crippen molar-refractivity contribution in [3.05, 3.63) is 24.5 Å². The van der Waals surface area contributed by atoms with Crippen molar-refractivity contribution in [1.82, 2.24) is 0 Å². The van der Waals surface area contributed by atoms with E-state index in [9.17, 15) is 14.9 Å². The summed E-state index contributed by atoms with van der Waals surface area (Å²) in [6.07, 6.45) is 9.59. The summed E-state index contributed by atoms with van der Waals surface area (Å²) in [7, 11) is -0.985. The molecule has 5 nitrogen and oxygen atoms in total. The van der Waals surface area contributed by atoms with Crippen LogP contribution in [0.1, 0.15) is 51.4 Å². The number of allylic oxidation sites excluding steroid dienone is 1. The summed E-state index contributed by atoms with van der Waals surface area (Å²) < 4.78 is 5.54. The van der Waals surface area contributed by atoms with Crippen molar-refractivity contribution in [3.8, 4) is 0 Å². The Hall–Kier alpha value is -1.11. The fourth-order valence-electron chi connectivity index (χ4n) is 3.76. The van der Waals surface area contributed by atoms with Crippen LogP contribution in [0.15, 0.2) is 24.5 Å². The summed E-state index contributed by atoms with van der Waals surface area (Å²) in [6.45, 7) is 4.20. The highest BCUT2D eigenvalue weighted by Gasteiger charge is 2.33. The maximum absolute atomic E-state index is 12.4. The van der Waals surface area contributed by atoms with Crippen LogP contribution in [0.3, 0.4) is 0 Å². The number of Topliss-reactive ketones (excluding diaryl/α,β-unsaturated/α-hetero) is 1. The Morgan fingerprint density at radius 2 is 1.88 bits per heavy atom. The molecule has 1 heterocycles. The fourth-order valence-corrected chi connectivity index (χ4v) is 3.76. The van der Waals surface area contributed by atoms with Crippen molar-refractivity contribution in [1.29, 1.82) is 0 Å². The van der Waals surface area contributed by atoms with Crippen LogP contribution in [0.4, 0.5) is 0 Å². The predicted octanol–water partition coefficient (Wildman–Crippen LogP) is 2.76. The maximum Gasteiger partial charge on any atom is 0.458 e. The highest BCUT2D eigenvalue weighted by molar-refractivity contribution is 6.45. The summed E-state index contributed by atoms with van der Waals surface area (Å²) in [5.41, 5.74) is 5.71. The average molecular weight is 335 g/mol. The van der Waals surface area contributed by atoms with Gasteiger partial charge in [0.1, 0.15) is 5.78 Å². The van der Waals surface area contributed by atoms with Gasteiger partial charge in [-0.15, -0.1) is 0 Å². The second-order valence-electron chi connectivity index (χ2n) is 7.33. The zero-order valence-electron chi connectivity index (χ0n) is 14.4. The van der Waals surface area contributed by atoms with Crippen molar-refractivity contribution in [2.45, 2.75) is 63.3 Å². The molecule has 0 aromatic rings. The Bertz CT molecular complexity index is 460.